The average molecular weight is 467 g/mol. The Morgan fingerprint density at radius 1 is 0.848 bits per heavy atom. The summed E-state index contributed by atoms with van der Waals surface area (Å²) in [4.78, 5) is 13.2. The molecule has 0 spiro atoms. The Hall–Kier alpha value is -0.690. The molecule has 33 heavy (non-hydrogen) atoms. The van der Waals surface area contributed by atoms with E-state index in [0.717, 1.165) is 77.4 Å². The van der Waals surface area contributed by atoms with Gasteiger partial charge in [0, 0.05) is 32.5 Å². The number of carbonyl (C=O) groups excluding carboxylic acids is 1. The number of hydrogen-bond donors (Lipinski definition) is 0. The lowest BCUT2D eigenvalue weighted by Crippen LogP contribution is -2.64. The highest BCUT2D eigenvalue weighted by Gasteiger charge is 2.61. The lowest BCUT2D eigenvalue weighted by Gasteiger charge is -2.59. The molecule has 190 valence electrons. The van der Waals surface area contributed by atoms with Crippen molar-refractivity contribution < 1.29 is 28.5 Å². The Morgan fingerprint density at radius 3 is 2.00 bits per heavy atom. The quantitative estimate of drug-likeness (QED) is 0.445. The van der Waals surface area contributed by atoms with E-state index >= 15 is 0 Å². The third-order valence-electron chi connectivity index (χ3n) is 8.24. The third kappa shape index (κ3) is 6.12. The molecule has 0 N–H and O–H groups in total. The van der Waals surface area contributed by atoms with E-state index in [0.29, 0.717) is 12.3 Å². The van der Waals surface area contributed by atoms with E-state index in [1.54, 1.807) is 0 Å². The lowest BCUT2D eigenvalue weighted by molar-refractivity contribution is -0.314. The van der Waals surface area contributed by atoms with Crippen molar-refractivity contribution in [1.82, 2.24) is 0 Å². The van der Waals surface area contributed by atoms with Crippen molar-refractivity contribution >= 4 is 5.97 Å². The Kier molecular flexibility index (Phi) is 7.79. The SMILES string of the molecule is CC1CC2(OC(=O)C(C)C(C)C)CC(C)(OC3CCCCO3)CC(OC3CCCCO3)(C1)C2. The molecule has 2 bridgehead atoms. The van der Waals surface area contributed by atoms with Gasteiger partial charge in [-0.3, -0.25) is 4.79 Å². The topological polar surface area (TPSA) is 63.2 Å². The molecule has 2 saturated heterocycles. The van der Waals surface area contributed by atoms with Gasteiger partial charge in [-0.1, -0.05) is 27.7 Å². The van der Waals surface area contributed by atoms with Crippen molar-refractivity contribution in [3.8, 4) is 0 Å². The van der Waals surface area contributed by atoms with Crippen molar-refractivity contribution in [2.24, 2.45) is 17.8 Å². The second kappa shape index (κ2) is 10.1. The normalized spacial score (nSPS) is 42.7. The molecule has 2 saturated carbocycles. The van der Waals surface area contributed by atoms with Crippen LogP contribution in [-0.4, -0.2) is 48.6 Å². The average Bonchev–Trinajstić information content (AvgIpc) is 2.72. The smallest absolute Gasteiger partial charge is 0.309 e. The summed E-state index contributed by atoms with van der Waals surface area (Å²) in [5.41, 5.74) is -1.46. The molecule has 7 unspecified atom stereocenters. The van der Waals surface area contributed by atoms with Crippen molar-refractivity contribution in [1.29, 1.82) is 0 Å². The van der Waals surface area contributed by atoms with Gasteiger partial charge in [0.25, 0.3) is 0 Å². The lowest BCUT2D eigenvalue weighted by atomic mass is 9.58. The first-order valence-corrected chi connectivity index (χ1v) is 13.4. The van der Waals surface area contributed by atoms with Crippen LogP contribution in [0.3, 0.4) is 0 Å². The predicted octanol–water partition coefficient (Wildman–Crippen LogP) is 5.76. The van der Waals surface area contributed by atoms with Crippen molar-refractivity contribution in [3.05, 3.63) is 0 Å². The van der Waals surface area contributed by atoms with Gasteiger partial charge in [0.2, 0.25) is 0 Å². The van der Waals surface area contributed by atoms with Gasteiger partial charge >= 0.3 is 5.97 Å². The number of carbonyl (C=O) groups is 1. The maximum atomic E-state index is 13.2. The molecule has 2 aliphatic heterocycles. The minimum absolute atomic E-state index is 0.0971. The molecule has 0 amide bonds. The Balaban J connectivity index is 1.61. The van der Waals surface area contributed by atoms with Crippen LogP contribution in [0, 0.1) is 17.8 Å². The highest BCUT2D eigenvalue weighted by Crippen LogP contribution is 2.56. The second-order valence-corrected chi connectivity index (χ2v) is 12.1. The molecule has 6 heteroatoms. The van der Waals surface area contributed by atoms with Gasteiger partial charge < -0.3 is 23.7 Å². The number of hydrogen-bond acceptors (Lipinski definition) is 6. The van der Waals surface area contributed by atoms with Crippen LogP contribution in [0.25, 0.3) is 0 Å². The fourth-order valence-electron chi connectivity index (χ4n) is 6.88. The minimum Gasteiger partial charge on any atom is -0.459 e. The van der Waals surface area contributed by atoms with E-state index in [1.807, 2.05) is 6.92 Å². The van der Waals surface area contributed by atoms with Gasteiger partial charge in [-0.05, 0) is 70.1 Å². The second-order valence-electron chi connectivity index (χ2n) is 12.1. The van der Waals surface area contributed by atoms with Crippen LogP contribution in [0.5, 0.6) is 0 Å². The van der Waals surface area contributed by atoms with E-state index in [9.17, 15) is 4.79 Å². The largest absolute Gasteiger partial charge is 0.459 e. The van der Waals surface area contributed by atoms with E-state index in [-0.39, 0.29) is 30.4 Å². The Labute approximate surface area is 200 Å². The molecule has 0 aromatic rings. The van der Waals surface area contributed by atoms with E-state index in [2.05, 4.69) is 27.7 Å². The Morgan fingerprint density at radius 2 is 1.42 bits per heavy atom. The van der Waals surface area contributed by atoms with Gasteiger partial charge in [-0.15, -0.1) is 0 Å². The fourth-order valence-corrected chi connectivity index (χ4v) is 6.88. The van der Waals surface area contributed by atoms with Gasteiger partial charge in [0.15, 0.2) is 12.6 Å². The van der Waals surface area contributed by atoms with Crippen LogP contribution in [0.4, 0.5) is 0 Å². The fraction of sp³-hybridized carbons (Fsp3) is 0.963. The first-order chi connectivity index (χ1) is 15.6. The van der Waals surface area contributed by atoms with Crippen LogP contribution in [0.2, 0.25) is 0 Å². The number of fused-ring (bicyclic) bond motifs is 2. The standard InChI is InChI=1S/C27H46O6/c1-19(2)21(4)24(28)33-27-15-20(3)14-26(18-27,32-23-11-7-9-13-30-23)16-25(5,17-27)31-22-10-6-8-12-29-22/h19-23H,6-18H2,1-5H3. The molecule has 2 heterocycles. The zero-order valence-electron chi connectivity index (χ0n) is 21.5. The maximum absolute atomic E-state index is 13.2. The van der Waals surface area contributed by atoms with Crippen molar-refractivity contribution in [2.75, 3.05) is 13.2 Å². The highest BCUT2D eigenvalue weighted by atomic mass is 16.7. The van der Waals surface area contributed by atoms with E-state index in [4.69, 9.17) is 23.7 Å². The van der Waals surface area contributed by atoms with Gasteiger partial charge in [0.1, 0.15) is 5.60 Å². The molecule has 4 aliphatic rings. The molecule has 6 nitrogen and oxygen atoms in total. The van der Waals surface area contributed by atoms with Crippen molar-refractivity contribution in [3.63, 3.8) is 0 Å². The number of ether oxygens (including phenoxy) is 5. The number of rotatable bonds is 7. The van der Waals surface area contributed by atoms with Crippen LogP contribution in [0.1, 0.15) is 105 Å². The zero-order chi connectivity index (χ0) is 23.7. The highest BCUT2D eigenvalue weighted by molar-refractivity contribution is 5.72. The van der Waals surface area contributed by atoms with E-state index < -0.39 is 16.8 Å². The summed E-state index contributed by atoms with van der Waals surface area (Å²) in [6, 6.07) is 0. The third-order valence-corrected chi connectivity index (χ3v) is 8.24. The van der Waals surface area contributed by atoms with Crippen LogP contribution in [-0.2, 0) is 28.5 Å². The maximum Gasteiger partial charge on any atom is 0.309 e. The molecular formula is C27H46O6. The molecule has 0 radical (unpaired) electrons. The predicted molar refractivity (Wildman–Crippen MR) is 126 cm³/mol. The summed E-state index contributed by atoms with van der Waals surface area (Å²) in [6.07, 6.45) is 9.91. The summed E-state index contributed by atoms with van der Waals surface area (Å²) < 4.78 is 31.9. The molecule has 7 atom stereocenters. The Bertz CT molecular complexity index is 666. The van der Waals surface area contributed by atoms with Crippen LogP contribution >= 0.6 is 0 Å². The molecule has 0 aromatic carbocycles. The van der Waals surface area contributed by atoms with Gasteiger partial charge in [-0.25, -0.2) is 0 Å². The summed E-state index contributed by atoms with van der Waals surface area (Å²) in [6.45, 7) is 12.1. The first-order valence-electron chi connectivity index (χ1n) is 13.4. The van der Waals surface area contributed by atoms with Gasteiger partial charge in [0.05, 0.1) is 17.1 Å². The van der Waals surface area contributed by atoms with Crippen molar-refractivity contribution in [2.45, 2.75) is 135 Å². The summed E-state index contributed by atoms with van der Waals surface area (Å²) in [5.74, 6) is 0.415. The summed E-state index contributed by atoms with van der Waals surface area (Å²) >= 11 is 0. The molecule has 4 fully saturated rings. The van der Waals surface area contributed by atoms with Gasteiger partial charge in [-0.2, -0.15) is 0 Å². The zero-order valence-corrected chi connectivity index (χ0v) is 21.5. The molecule has 2 aliphatic carbocycles. The monoisotopic (exact) mass is 466 g/mol. The number of esters is 1. The molecule has 4 rings (SSSR count). The van der Waals surface area contributed by atoms with E-state index in [1.165, 1.54) is 0 Å². The molecular weight excluding hydrogens is 420 g/mol. The van der Waals surface area contributed by atoms with Crippen LogP contribution in [0.15, 0.2) is 0 Å². The minimum atomic E-state index is -0.575. The summed E-state index contributed by atoms with van der Waals surface area (Å²) in [7, 11) is 0. The summed E-state index contributed by atoms with van der Waals surface area (Å²) in [5, 5.41) is 0. The molecule has 0 aromatic heterocycles. The first kappa shape index (κ1) is 25.4. The van der Waals surface area contributed by atoms with Crippen LogP contribution < -0.4 is 0 Å².